The van der Waals surface area contributed by atoms with Gasteiger partial charge in [-0.1, -0.05) is 136 Å². The molecule has 0 fully saturated rings. The minimum atomic E-state index is 0.983. The van der Waals surface area contributed by atoms with Crippen LogP contribution in [0.4, 0.5) is 17.1 Å². The summed E-state index contributed by atoms with van der Waals surface area (Å²) in [4.78, 5) is 2.38. The Morgan fingerprint density at radius 1 is 0.465 bits per heavy atom. The molecule has 5 aromatic carbocycles. The maximum Gasteiger partial charge on any atom is 0.0464 e. The van der Waals surface area contributed by atoms with E-state index in [1.807, 2.05) is 0 Å². The normalized spacial score (nSPS) is 11.1. The van der Waals surface area contributed by atoms with Crippen LogP contribution in [0.25, 0.3) is 22.3 Å². The van der Waals surface area contributed by atoms with Gasteiger partial charge in [0.05, 0.1) is 0 Å². The summed E-state index contributed by atoms with van der Waals surface area (Å²) in [5.41, 5.74) is 14.0. The minimum absolute atomic E-state index is 0.983. The highest BCUT2D eigenvalue weighted by Crippen LogP contribution is 2.38. The van der Waals surface area contributed by atoms with E-state index in [1.54, 1.807) is 0 Å². The maximum absolute atomic E-state index is 2.38. The fourth-order valence-corrected chi connectivity index (χ4v) is 5.94. The smallest absolute Gasteiger partial charge is 0.0464 e. The van der Waals surface area contributed by atoms with Crippen LogP contribution in [0.3, 0.4) is 0 Å². The third-order valence-corrected chi connectivity index (χ3v) is 8.61. The van der Waals surface area contributed by atoms with Crippen LogP contribution in [-0.2, 0) is 12.8 Å². The molecule has 43 heavy (non-hydrogen) atoms. The van der Waals surface area contributed by atoms with Crippen LogP contribution in [0.2, 0.25) is 0 Å². The van der Waals surface area contributed by atoms with Gasteiger partial charge >= 0.3 is 0 Å². The van der Waals surface area contributed by atoms with Gasteiger partial charge in [0.2, 0.25) is 0 Å². The van der Waals surface area contributed by atoms with Crippen molar-refractivity contribution >= 4 is 17.1 Å². The molecule has 5 rings (SSSR count). The summed E-state index contributed by atoms with van der Waals surface area (Å²) in [6.07, 6.45) is 10.2. The van der Waals surface area contributed by atoms with E-state index in [0.717, 1.165) is 12.1 Å². The summed E-state index contributed by atoms with van der Waals surface area (Å²) >= 11 is 0. The first-order valence-electron chi connectivity index (χ1n) is 16.3. The van der Waals surface area contributed by atoms with Crippen LogP contribution in [0.5, 0.6) is 0 Å². The molecule has 1 heteroatoms. The van der Waals surface area contributed by atoms with E-state index in [2.05, 4.69) is 148 Å². The third-order valence-electron chi connectivity index (χ3n) is 8.61. The van der Waals surface area contributed by atoms with E-state index in [-0.39, 0.29) is 0 Å². The van der Waals surface area contributed by atoms with Gasteiger partial charge < -0.3 is 4.90 Å². The zero-order valence-corrected chi connectivity index (χ0v) is 26.6. The first-order valence-corrected chi connectivity index (χ1v) is 16.3. The summed E-state index contributed by atoms with van der Waals surface area (Å²) in [6.45, 7) is 8.83. The van der Waals surface area contributed by atoms with Crippen LogP contribution in [-0.4, -0.2) is 0 Å². The molecule has 5 aromatic rings. The Balaban J connectivity index is 1.40. The van der Waals surface area contributed by atoms with E-state index < -0.39 is 0 Å². The van der Waals surface area contributed by atoms with Crippen molar-refractivity contribution in [3.8, 4) is 22.3 Å². The Hall–Kier alpha value is -4.10. The summed E-state index contributed by atoms with van der Waals surface area (Å²) in [7, 11) is 0. The molecular formula is C42H47N. The van der Waals surface area contributed by atoms with Gasteiger partial charge in [-0.3, -0.25) is 0 Å². The molecule has 220 valence electrons. The lowest BCUT2D eigenvalue weighted by Crippen LogP contribution is -2.10. The molecule has 0 atom stereocenters. The lowest BCUT2D eigenvalue weighted by molar-refractivity contribution is 0.607. The summed E-state index contributed by atoms with van der Waals surface area (Å²) < 4.78 is 0. The lowest BCUT2D eigenvalue weighted by atomic mass is 9.95. The van der Waals surface area contributed by atoms with Crippen molar-refractivity contribution in [3.05, 3.63) is 138 Å². The van der Waals surface area contributed by atoms with E-state index in [1.165, 1.54) is 101 Å². The molecule has 0 aliphatic rings. The molecule has 0 aromatic heterocycles. The second-order valence-corrected chi connectivity index (χ2v) is 12.0. The number of nitrogens with zero attached hydrogens (tertiary/aromatic N) is 1. The SMILES string of the molecule is CCCCCCCCc1ccc(-c2ccc(N(c3ccc(C)cc3)c3ccc(-c4ccc(C)cc4)cc3)cc2CC)cc1. The Morgan fingerprint density at radius 2 is 0.953 bits per heavy atom. The minimum Gasteiger partial charge on any atom is -0.310 e. The largest absolute Gasteiger partial charge is 0.310 e. The van der Waals surface area contributed by atoms with Crippen LogP contribution >= 0.6 is 0 Å². The molecule has 0 bridgehead atoms. The molecular weight excluding hydrogens is 518 g/mol. The summed E-state index contributed by atoms with van der Waals surface area (Å²) in [5.74, 6) is 0. The first kappa shape index (κ1) is 30.4. The Labute approximate surface area is 260 Å². The monoisotopic (exact) mass is 565 g/mol. The van der Waals surface area contributed by atoms with E-state index in [4.69, 9.17) is 0 Å². The van der Waals surface area contributed by atoms with Gasteiger partial charge in [-0.05, 0) is 103 Å². The Morgan fingerprint density at radius 3 is 1.56 bits per heavy atom. The summed E-state index contributed by atoms with van der Waals surface area (Å²) in [5, 5.41) is 0. The van der Waals surface area contributed by atoms with Gasteiger partial charge in [-0.25, -0.2) is 0 Å². The van der Waals surface area contributed by atoms with E-state index in [0.29, 0.717) is 0 Å². The first-order chi connectivity index (χ1) is 21.1. The number of aryl methyl sites for hydroxylation is 4. The molecule has 0 heterocycles. The number of benzene rings is 5. The molecule has 0 N–H and O–H groups in total. The fourth-order valence-electron chi connectivity index (χ4n) is 5.94. The zero-order valence-electron chi connectivity index (χ0n) is 26.6. The predicted octanol–water partition coefficient (Wildman–Crippen LogP) is 12.6. The van der Waals surface area contributed by atoms with Gasteiger partial charge in [-0.2, -0.15) is 0 Å². The molecule has 1 nitrogen and oxygen atoms in total. The second-order valence-electron chi connectivity index (χ2n) is 12.0. The topological polar surface area (TPSA) is 3.24 Å². The van der Waals surface area contributed by atoms with Crippen molar-refractivity contribution in [1.29, 1.82) is 0 Å². The Kier molecular flexibility index (Phi) is 10.5. The highest BCUT2D eigenvalue weighted by molar-refractivity contribution is 5.81. The van der Waals surface area contributed by atoms with Crippen molar-refractivity contribution in [2.45, 2.75) is 79.1 Å². The molecule has 0 aliphatic carbocycles. The van der Waals surface area contributed by atoms with Crippen LogP contribution in [0, 0.1) is 13.8 Å². The highest BCUT2D eigenvalue weighted by Gasteiger charge is 2.15. The maximum atomic E-state index is 2.38. The van der Waals surface area contributed by atoms with E-state index in [9.17, 15) is 0 Å². The molecule has 0 aliphatic heterocycles. The molecule has 0 unspecified atom stereocenters. The van der Waals surface area contributed by atoms with Gasteiger partial charge in [-0.15, -0.1) is 0 Å². The standard InChI is InChI=1S/C42H47N/c1-5-7-8-9-10-11-12-34-17-21-38(22-18-34)42-30-29-41(31-35(42)6-2)43(39-25-15-33(4)16-26-39)40-27-23-37(24-28-40)36-19-13-32(3)14-20-36/h13-31H,5-12H2,1-4H3. The number of unbranched alkanes of at least 4 members (excludes halogenated alkanes) is 5. The molecule has 0 amide bonds. The highest BCUT2D eigenvalue weighted by atomic mass is 15.1. The number of hydrogen-bond acceptors (Lipinski definition) is 1. The Bertz CT molecular complexity index is 1560. The molecule has 0 saturated heterocycles. The molecule has 0 saturated carbocycles. The molecule has 0 spiro atoms. The van der Waals surface area contributed by atoms with Crippen LogP contribution in [0.1, 0.15) is 74.6 Å². The third kappa shape index (κ3) is 7.85. The zero-order chi connectivity index (χ0) is 30.0. The van der Waals surface area contributed by atoms with Crippen LogP contribution in [0.15, 0.2) is 115 Å². The average Bonchev–Trinajstić information content (AvgIpc) is 3.05. The average molecular weight is 566 g/mol. The van der Waals surface area contributed by atoms with Gasteiger partial charge in [0.25, 0.3) is 0 Å². The van der Waals surface area contributed by atoms with Gasteiger partial charge in [0.1, 0.15) is 0 Å². The second kappa shape index (κ2) is 14.9. The number of rotatable bonds is 13. The van der Waals surface area contributed by atoms with Crippen LogP contribution < -0.4 is 4.90 Å². The molecule has 0 radical (unpaired) electrons. The van der Waals surface area contributed by atoms with Crippen molar-refractivity contribution < 1.29 is 0 Å². The van der Waals surface area contributed by atoms with Gasteiger partial charge in [0, 0.05) is 17.1 Å². The fraction of sp³-hybridized carbons (Fsp3) is 0.286. The quantitative estimate of drug-likeness (QED) is 0.128. The van der Waals surface area contributed by atoms with Crippen molar-refractivity contribution in [2.75, 3.05) is 4.90 Å². The lowest BCUT2D eigenvalue weighted by Gasteiger charge is -2.27. The van der Waals surface area contributed by atoms with Gasteiger partial charge in [0.15, 0.2) is 0 Å². The number of hydrogen-bond donors (Lipinski definition) is 0. The number of anilines is 3. The van der Waals surface area contributed by atoms with Crippen molar-refractivity contribution in [1.82, 2.24) is 0 Å². The predicted molar refractivity (Wildman–Crippen MR) is 188 cm³/mol. The van der Waals surface area contributed by atoms with Crippen molar-refractivity contribution in [2.24, 2.45) is 0 Å². The summed E-state index contributed by atoms with van der Waals surface area (Å²) in [6, 6.07) is 42.9. The van der Waals surface area contributed by atoms with Crippen molar-refractivity contribution in [3.63, 3.8) is 0 Å². The van der Waals surface area contributed by atoms with E-state index >= 15 is 0 Å².